The Morgan fingerprint density at radius 3 is 2.55 bits per heavy atom. The third-order valence-electron chi connectivity index (χ3n) is 5.19. The molecule has 4 rings (SSSR count). The van der Waals surface area contributed by atoms with Gasteiger partial charge >= 0.3 is 5.97 Å². The molecule has 0 radical (unpaired) electrons. The maximum Gasteiger partial charge on any atom is 0.338 e. The van der Waals surface area contributed by atoms with Crippen molar-refractivity contribution in [3.63, 3.8) is 0 Å². The van der Waals surface area contributed by atoms with E-state index in [1.807, 2.05) is 12.1 Å². The van der Waals surface area contributed by atoms with E-state index >= 15 is 0 Å². The quantitative estimate of drug-likeness (QED) is 0.492. The van der Waals surface area contributed by atoms with Gasteiger partial charge in [-0.3, -0.25) is 9.36 Å². The fraction of sp³-hybridized carbons (Fsp3) is 0.208. The molecule has 0 unspecified atom stereocenters. The highest BCUT2D eigenvalue weighted by atomic mass is 35.5. The van der Waals surface area contributed by atoms with Crippen molar-refractivity contribution >= 4 is 46.6 Å². The average molecular weight is 503 g/mol. The number of hydrogen-bond donors (Lipinski definition) is 0. The summed E-state index contributed by atoms with van der Waals surface area (Å²) in [5, 5.41) is 0.833. The number of methoxy groups -OCH3 is 1. The first-order valence-electron chi connectivity index (χ1n) is 10.1. The zero-order valence-electron chi connectivity index (χ0n) is 18.1. The van der Waals surface area contributed by atoms with Crippen molar-refractivity contribution in [2.24, 2.45) is 4.99 Å². The standard InChI is InChI=1S/C24H20Cl2N2O4S/c1-4-32-23(30)20-13(2)27-24-28(21(20)15-6-8-16(31-3)9-7-15)22(29)19(33-24)12-14-5-10-17(25)18(26)11-14/h5-12,21H,4H2,1-3H3/b19-12+/t21-/m1/s1. The molecular formula is C24H20Cl2N2O4S. The number of nitrogens with zero attached hydrogens (tertiary/aromatic N) is 2. The van der Waals surface area contributed by atoms with E-state index in [2.05, 4.69) is 4.99 Å². The Bertz CT molecular complexity index is 1440. The van der Waals surface area contributed by atoms with Gasteiger partial charge in [-0.1, -0.05) is 52.7 Å². The monoisotopic (exact) mass is 502 g/mol. The number of fused-ring (bicyclic) bond motifs is 1. The summed E-state index contributed by atoms with van der Waals surface area (Å²) >= 11 is 13.4. The van der Waals surface area contributed by atoms with Crippen LogP contribution in [0.2, 0.25) is 10.0 Å². The highest BCUT2D eigenvalue weighted by molar-refractivity contribution is 7.07. The molecule has 1 aliphatic heterocycles. The summed E-state index contributed by atoms with van der Waals surface area (Å²) in [6.45, 7) is 3.70. The predicted molar refractivity (Wildman–Crippen MR) is 130 cm³/mol. The third kappa shape index (κ3) is 4.49. The molecule has 0 saturated carbocycles. The molecule has 0 fully saturated rings. The van der Waals surface area contributed by atoms with Gasteiger partial charge in [-0.2, -0.15) is 0 Å². The van der Waals surface area contributed by atoms with Gasteiger partial charge in [0.25, 0.3) is 5.56 Å². The number of carbonyl (C=O) groups excluding carboxylic acids is 1. The lowest BCUT2D eigenvalue weighted by molar-refractivity contribution is -0.139. The summed E-state index contributed by atoms with van der Waals surface area (Å²) in [7, 11) is 1.58. The van der Waals surface area contributed by atoms with Crippen molar-refractivity contribution < 1.29 is 14.3 Å². The second-order valence-corrected chi connectivity index (χ2v) is 9.07. The molecule has 170 valence electrons. The summed E-state index contributed by atoms with van der Waals surface area (Å²) < 4.78 is 12.6. The lowest BCUT2D eigenvalue weighted by atomic mass is 9.96. The second kappa shape index (κ2) is 9.55. The lowest BCUT2D eigenvalue weighted by Crippen LogP contribution is -2.39. The first-order chi connectivity index (χ1) is 15.8. The van der Waals surface area contributed by atoms with Crippen molar-refractivity contribution in [3.8, 4) is 5.75 Å². The van der Waals surface area contributed by atoms with Crippen LogP contribution in [0, 0.1) is 0 Å². The summed E-state index contributed by atoms with van der Waals surface area (Å²) in [5.41, 5.74) is 2.05. The first-order valence-corrected chi connectivity index (χ1v) is 11.7. The van der Waals surface area contributed by atoms with E-state index in [9.17, 15) is 9.59 Å². The topological polar surface area (TPSA) is 69.9 Å². The van der Waals surface area contributed by atoms with Crippen molar-refractivity contribution in [3.05, 3.63) is 94.6 Å². The fourth-order valence-electron chi connectivity index (χ4n) is 3.65. The van der Waals surface area contributed by atoms with Gasteiger partial charge in [-0.15, -0.1) is 0 Å². The Hall–Kier alpha value is -2.87. The summed E-state index contributed by atoms with van der Waals surface area (Å²) in [6, 6.07) is 11.7. The number of rotatable bonds is 5. The van der Waals surface area contributed by atoms with Crippen molar-refractivity contribution in [2.75, 3.05) is 13.7 Å². The number of benzene rings is 2. The average Bonchev–Trinajstić information content (AvgIpc) is 3.10. The minimum atomic E-state index is -0.679. The molecule has 1 atom stereocenters. The molecule has 2 heterocycles. The molecule has 0 bridgehead atoms. The van der Waals surface area contributed by atoms with E-state index in [0.717, 1.165) is 11.1 Å². The van der Waals surface area contributed by atoms with Crippen LogP contribution < -0.4 is 19.6 Å². The molecule has 0 N–H and O–H groups in total. The van der Waals surface area contributed by atoms with E-state index in [4.69, 9.17) is 32.7 Å². The summed E-state index contributed by atoms with van der Waals surface area (Å²) in [5.74, 6) is 0.169. The number of esters is 1. The highest BCUT2D eigenvalue weighted by Gasteiger charge is 2.33. The van der Waals surface area contributed by atoms with Crippen LogP contribution in [0.5, 0.6) is 5.75 Å². The Morgan fingerprint density at radius 2 is 1.91 bits per heavy atom. The smallest absolute Gasteiger partial charge is 0.338 e. The Kier molecular flexibility index (Phi) is 6.74. The van der Waals surface area contributed by atoms with Crippen LogP contribution in [-0.4, -0.2) is 24.3 Å². The van der Waals surface area contributed by atoms with E-state index in [0.29, 0.717) is 36.4 Å². The molecular weight excluding hydrogens is 483 g/mol. The number of thiazole rings is 1. The van der Waals surface area contributed by atoms with Crippen LogP contribution in [0.1, 0.15) is 31.0 Å². The van der Waals surface area contributed by atoms with Gasteiger partial charge in [0.15, 0.2) is 4.80 Å². The van der Waals surface area contributed by atoms with Gasteiger partial charge in [-0.25, -0.2) is 9.79 Å². The molecule has 6 nitrogen and oxygen atoms in total. The zero-order valence-corrected chi connectivity index (χ0v) is 20.4. The maximum absolute atomic E-state index is 13.5. The number of ether oxygens (including phenoxy) is 2. The first kappa shape index (κ1) is 23.3. The summed E-state index contributed by atoms with van der Waals surface area (Å²) in [4.78, 5) is 31.5. The molecule has 9 heteroatoms. The Labute approximate surface area is 204 Å². The normalized spacial score (nSPS) is 15.8. The number of carbonyl (C=O) groups is 1. The maximum atomic E-state index is 13.5. The zero-order chi connectivity index (χ0) is 23.7. The third-order valence-corrected chi connectivity index (χ3v) is 6.91. The number of aromatic nitrogens is 1. The van der Waals surface area contributed by atoms with Crippen LogP contribution in [0.15, 0.2) is 63.5 Å². The SMILES string of the molecule is CCOC(=O)C1=C(C)N=c2s/c(=C/c3ccc(Cl)c(Cl)c3)c(=O)n2[C@@H]1c1ccc(OC)cc1. The molecule has 0 amide bonds. The highest BCUT2D eigenvalue weighted by Crippen LogP contribution is 2.31. The van der Waals surface area contributed by atoms with Crippen LogP contribution >= 0.6 is 34.5 Å². The van der Waals surface area contributed by atoms with Crippen LogP contribution in [-0.2, 0) is 9.53 Å². The molecule has 2 aromatic carbocycles. The number of hydrogen-bond acceptors (Lipinski definition) is 6. The lowest BCUT2D eigenvalue weighted by Gasteiger charge is -2.24. The Balaban J connectivity index is 1.94. The fourth-order valence-corrected chi connectivity index (χ4v) is 5.00. The molecule has 3 aromatic rings. The van der Waals surface area contributed by atoms with Gasteiger partial charge in [0.1, 0.15) is 5.75 Å². The van der Waals surface area contributed by atoms with Crippen molar-refractivity contribution in [1.82, 2.24) is 4.57 Å². The Morgan fingerprint density at radius 1 is 1.18 bits per heavy atom. The van der Waals surface area contributed by atoms with E-state index in [1.54, 1.807) is 57.4 Å². The molecule has 1 aliphatic rings. The number of allylic oxidation sites excluding steroid dienone is 1. The molecule has 33 heavy (non-hydrogen) atoms. The van der Waals surface area contributed by atoms with Crippen LogP contribution in [0.3, 0.4) is 0 Å². The van der Waals surface area contributed by atoms with Crippen LogP contribution in [0.4, 0.5) is 0 Å². The minimum Gasteiger partial charge on any atom is -0.497 e. The number of halogens is 2. The van der Waals surface area contributed by atoms with Gasteiger partial charge in [-0.05, 0) is 55.3 Å². The van der Waals surface area contributed by atoms with Gasteiger partial charge < -0.3 is 9.47 Å². The van der Waals surface area contributed by atoms with Gasteiger partial charge in [0, 0.05) is 0 Å². The van der Waals surface area contributed by atoms with Crippen molar-refractivity contribution in [2.45, 2.75) is 19.9 Å². The second-order valence-electron chi connectivity index (χ2n) is 7.25. The summed E-state index contributed by atoms with van der Waals surface area (Å²) in [6.07, 6.45) is 1.74. The van der Waals surface area contributed by atoms with Gasteiger partial charge in [0.05, 0.1) is 45.6 Å². The molecule has 1 aromatic heterocycles. The molecule has 0 aliphatic carbocycles. The van der Waals surface area contributed by atoms with Crippen molar-refractivity contribution in [1.29, 1.82) is 0 Å². The molecule has 0 spiro atoms. The largest absolute Gasteiger partial charge is 0.497 e. The molecule has 0 saturated heterocycles. The minimum absolute atomic E-state index is 0.215. The van der Waals surface area contributed by atoms with Crippen LogP contribution in [0.25, 0.3) is 6.08 Å². The van der Waals surface area contributed by atoms with Gasteiger partial charge in [0.2, 0.25) is 0 Å². The van der Waals surface area contributed by atoms with E-state index < -0.39 is 12.0 Å². The van der Waals surface area contributed by atoms with E-state index in [1.165, 1.54) is 15.9 Å². The van der Waals surface area contributed by atoms with E-state index in [-0.39, 0.29) is 12.2 Å². The predicted octanol–water partition coefficient (Wildman–Crippen LogP) is 4.11.